The molecule has 1 amide bonds. The highest BCUT2D eigenvalue weighted by Gasteiger charge is 2.24. The van der Waals surface area contributed by atoms with Gasteiger partial charge in [-0.25, -0.2) is 8.42 Å². The van der Waals surface area contributed by atoms with Crippen molar-refractivity contribution in [1.82, 2.24) is 4.90 Å². The minimum atomic E-state index is -3.93. The van der Waals surface area contributed by atoms with Crippen LogP contribution in [0.15, 0.2) is 41.3 Å². The second-order valence-electron chi connectivity index (χ2n) is 7.53. The number of anilines is 1. The number of carbonyl (C=O) groups is 1. The van der Waals surface area contributed by atoms with Crippen molar-refractivity contribution in [2.24, 2.45) is 0 Å². The zero-order valence-corrected chi connectivity index (χ0v) is 18.2. The number of ether oxygens (including phenoxy) is 3. The Morgan fingerprint density at radius 3 is 2.39 bits per heavy atom. The Kier molecular flexibility index (Phi) is 6.22. The quantitative estimate of drug-likeness (QED) is 0.758. The van der Waals surface area contributed by atoms with Crippen LogP contribution in [0.25, 0.3) is 0 Å². The number of rotatable bonds is 5. The summed E-state index contributed by atoms with van der Waals surface area (Å²) in [6.07, 6.45) is 4.07. The third kappa shape index (κ3) is 4.71. The highest BCUT2D eigenvalue weighted by molar-refractivity contribution is 7.92. The maximum absolute atomic E-state index is 13.1. The zero-order valence-electron chi connectivity index (χ0n) is 17.4. The average Bonchev–Trinajstić information content (AvgIpc) is 3.07. The monoisotopic (exact) mass is 446 g/mol. The SMILES string of the molecule is COc1ccc(S(=O)(=O)Nc2ccc3c(c2)OCCO3)cc1C(=O)N1CCCCCC1. The van der Waals surface area contributed by atoms with Gasteiger partial charge < -0.3 is 19.1 Å². The maximum Gasteiger partial charge on any atom is 0.261 e. The number of benzene rings is 2. The van der Waals surface area contributed by atoms with Crippen molar-refractivity contribution in [3.05, 3.63) is 42.0 Å². The third-order valence-corrected chi connectivity index (χ3v) is 6.78. The third-order valence-electron chi connectivity index (χ3n) is 5.40. The normalized spacial score (nSPS) is 16.4. The lowest BCUT2D eigenvalue weighted by atomic mass is 10.1. The molecule has 1 N–H and O–H groups in total. The smallest absolute Gasteiger partial charge is 0.261 e. The Hall–Kier alpha value is -2.94. The van der Waals surface area contributed by atoms with Gasteiger partial charge in [0.05, 0.1) is 23.3 Å². The number of nitrogens with one attached hydrogen (secondary N) is 1. The van der Waals surface area contributed by atoms with Gasteiger partial charge in [-0.05, 0) is 43.2 Å². The molecule has 0 atom stereocenters. The van der Waals surface area contributed by atoms with Gasteiger partial charge in [0.15, 0.2) is 11.5 Å². The molecule has 4 rings (SSSR count). The van der Waals surface area contributed by atoms with Crippen molar-refractivity contribution in [2.45, 2.75) is 30.6 Å². The van der Waals surface area contributed by atoms with Crippen LogP contribution in [-0.2, 0) is 10.0 Å². The minimum absolute atomic E-state index is 0.0126. The largest absolute Gasteiger partial charge is 0.496 e. The van der Waals surface area contributed by atoms with E-state index in [2.05, 4.69) is 4.72 Å². The summed E-state index contributed by atoms with van der Waals surface area (Å²) in [5, 5.41) is 0. The number of hydrogen-bond donors (Lipinski definition) is 1. The standard InChI is InChI=1S/C22H26N2O6S/c1-28-19-9-7-17(15-18(19)22(25)24-10-4-2-3-5-11-24)31(26,27)23-16-6-8-20-21(14-16)30-13-12-29-20/h6-9,14-15,23H,2-5,10-13H2,1H3. The van der Waals surface area contributed by atoms with E-state index in [0.717, 1.165) is 25.7 Å². The van der Waals surface area contributed by atoms with E-state index in [1.165, 1.54) is 25.3 Å². The molecule has 8 nitrogen and oxygen atoms in total. The van der Waals surface area contributed by atoms with Gasteiger partial charge in [-0.2, -0.15) is 0 Å². The van der Waals surface area contributed by atoms with E-state index in [1.54, 1.807) is 23.1 Å². The molecule has 2 aromatic rings. The fourth-order valence-electron chi connectivity index (χ4n) is 3.79. The fourth-order valence-corrected chi connectivity index (χ4v) is 4.86. The van der Waals surface area contributed by atoms with Gasteiger partial charge in [-0.15, -0.1) is 0 Å². The predicted molar refractivity (Wildman–Crippen MR) is 116 cm³/mol. The highest BCUT2D eigenvalue weighted by Crippen LogP contribution is 2.33. The number of carbonyl (C=O) groups excluding carboxylic acids is 1. The van der Waals surface area contributed by atoms with Crippen molar-refractivity contribution in [1.29, 1.82) is 0 Å². The summed E-state index contributed by atoms with van der Waals surface area (Å²) in [5.74, 6) is 1.20. The molecule has 0 bridgehead atoms. The van der Waals surface area contributed by atoms with E-state index in [9.17, 15) is 13.2 Å². The van der Waals surface area contributed by atoms with E-state index in [4.69, 9.17) is 14.2 Å². The van der Waals surface area contributed by atoms with Gasteiger partial charge >= 0.3 is 0 Å². The summed E-state index contributed by atoms with van der Waals surface area (Å²) in [6, 6.07) is 9.18. The molecule has 2 aliphatic rings. The second kappa shape index (κ2) is 9.05. The number of nitrogens with zero attached hydrogens (tertiary/aromatic N) is 1. The molecule has 1 saturated heterocycles. The predicted octanol–water partition coefficient (Wildman–Crippen LogP) is 3.28. The van der Waals surface area contributed by atoms with Crippen molar-refractivity contribution in [3.8, 4) is 17.2 Å². The van der Waals surface area contributed by atoms with Crippen LogP contribution in [0.1, 0.15) is 36.0 Å². The van der Waals surface area contributed by atoms with E-state index < -0.39 is 10.0 Å². The number of methoxy groups -OCH3 is 1. The first kappa shape index (κ1) is 21.3. The van der Waals surface area contributed by atoms with Crippen LogP contribution in [0, 0.1) is 0 Å². The summed E-state index contributed by atoms with van der Waals surface area (Å²) in [7, 11) is -2.46. The number of sulfonamides is 1. The van der Waals surface area contributed by atoms with Gasteiger partial charge in [0.2, 0.25) is 0 Å². The van der Waals surface area contributed by atoms with Crippen molar-refractivity contribution in [2.75, 3.05) is 38.1 Å². The Morgan fingerprint density at radius 2 is 1.68 bits per heavy atom. The molecule has 0 spiro atoms. The second-order valence-corrected chi connectivity index (χ2v) is 9.21. The van der Waals surface area contributed by atoms with Crippen LogP contribution >= 0.6 is 0 Å². The fraction of sp³-hybridized carbons (Fsp3) is 0.409. The lowest BCUT2D eigenvalue weighted by Gasteiger charge is -2.22. The molecule has 0 aromatic heterocycles. The molecular weight excluding hydrogens is 420 g/mol. The molecular formula is C22H26N2O6S. The topological polar surface area (TPSA) is 94.2 Å². The molecule has 2 aromatic carbocycles. The molecule has 0 unspecified atom stereocenters. The molecule has 1 fully saturated rings. The maximum atomic E-state index is 13.1. The molecule has 166 valence electrons. The highest BCUT2D eigenvalue weighted by atomic mass is 32.2. The number of likely N-dealkylation sites (tertiary alicyclic amines) is 1. The first-order valence-electron chi connectivity index (χ1n) is 10.4. The summed E-state index contributed by atoms with van der Waals surface area (Å²) >= 11 is 0. The Bertz CT molecular complexity index is 1060. The molecule has 9 heteroatoms. The Labute approximate surface area is 182 Å². The molecule has 0 saturated carbocycles. The van der Waals surface area contributed by atoms with Gasteiger partial charge in [0.25, 0.3) is 15.9 Å². The Balaban J connectivity index is 1.61. The first-order valence-corrected chi connectivity index (χ1v) is 11.9. The van der Waals surface area contributed by atoms with Crippen LogP contribution in [0.2, 0.25) is 0 Å². The summed E-state index contributed by atoms with van der Waals surface area (Å²) in [5.41, 5.74) is 0.593. The van der Waals surface area contributed by atoms with Gasteiger partial charge in [-0.3, -0.25) is 9.52 Å². The van der Waals surface area contributed by atoms with Crippen LogP contribution in [0.3, 0.4) is 0 Å². The van der Waals surface area contributed by atoms with E-state index >= 15 is 0 Å². The summed E-state index contributed by atoms with van der Waals surface area (Å²) in [6.45, 7) is 2.18. The van der Waals surface area contributed by atoms with Gasteiger partial charge in [0, 0.05) is 19.2 Å². The lowest BCUT2D eigenvalue weighted by Crippen LogP contribution is -2.32. The van der Waals surface area contributed by atoms with Gasteiger partial charge in [0.1, 0.15) is 19.0 Å². The van der Waals surface area contributed by atoms with E-state index in [-0.39, 0.29) is 16.4 Å². The van der Waals surface area contributed by atoms with Crippen LogP contribution < -0.4 is 18.9 Å². The van der Waals surface area contributed by atoms with Crippen molar-refractivity contribution in [3.63, 3.8) is 0 Å². The summed E-state index contributed by atoms with van der Waals surface area (Å²) < 4.78 is 44.9. The van der Waals surface area contributed by atoms with Crippen LogP contribution in [0.4, 0.5) is 5.69 Å². The van der Waals surface area contributed by atoms with Gasteiger partial charge in [-0.1, -0.05) is 12.8 Å². The first-order chi connectivity index (χ1) is 15.0. The zero-order chi connectivity index (χ0) is 21.8. The average molecular weight is 447 g/mol. The van der Waals surface area contributed by atoms with Crippen LogP contribution in [0.5, 0.6) is 17.2 Å². The van der Waals surface area contributed by atoms with E-state index in [0.29, 0.717) is 49.2 Å². The van der Waals surface area contributed by atoms with Crippen molar-refractivity contribution >= 4 is 21.6 Å². The number of amides is 1. The minimum Gasteiger partial charge on any atom is -0.496 e. The molecule has 31 heavy (non-hydrogen) atoms. The van der Waals surface area contributed by atoms with E-state index in [1.807, 2.05) is 0 Å². The molecule has 0 radical (unpaired) electrons. The molecule has 2 aliphatic heterocycles. The number of hydrogen-bond acceptors (Lipinski definition) is 6. The molecule has 2 heterocycles. The van der Waals surface area contributed by atoms with Crippen molar-refractivity contribution < 1.29 is 27.4 Å². The lowest BCUT2D eigenvalue weighted by molar-refractivity contribution is 0.0758. The number of fused-ring (bicyclic) bond motifs is 1. The molecule has 0 aliphatic carbocycles. The Morgan fingerprint density at radius 1 is 0.968 bits per heavy atom. The summed E-state index contributed by atoms with van der Waals surface area (Å²) in [4.78, 5) is 14.9. The van der Waals surface area contributed by atoms with Crippen LogP contribution in [-0.4, -0.2) is 52.6 Å².